The Balaban J connectivity index is 2.22. The Hall–Kier alpha value is -0.180. The van der Waals surface area contributed by atoms with Crippen LogP contribution in [-0.4, -0.2) is 28.0 Å². The number of thioether (sulfide) groups is 1. The summed E-state index contributed by atoms with van der Waals surface area (Å²) in [6.45, 7) is 13.3. The van der Waals surface area contributed by atoms with Crippen molar-refractivity contribution in [2.24, 2.45) is 16.7 Å². The molecule has 0 aromatic rings. The Morgan fingerprint density at radius 3 is 2.18 bits per heavy atom. The van der Waals surface area contributed by atoms with E-state index in [9.17, 15) is 4.79 Å². The number of carbonyl (C=O) groups excluding carboxylic acids is 1. The van der Waals surface area contributed by atoms with E-state index in [2.05, 4.69) is 46.4 Å². The first-order valence-corrected chi connectivity index (χ1v) is 7.61. The molecule has 3 heteroatoms. The van der Waals surface area contributed by atoms with E-state index in [-0.39, 0.29) is 16.7 Å². The molecule has 3 atom stereocenters. The SMILES string of the molecule is CC(C)(C)C1CC2SCC(C(C)(C)C)N2C1=O. The standard InChI is InChI=1S/C14H25NOS/c1-13(2,3)9-7-11-15(12(9)16)10(8-17-11)14(4,5)6/h9-11H,7-8H2,1-6H3. The van der Waals surface area contributed by atoms with Crippen LogP contribution in [-0.2, 0) is 4.79 Å². The Labute approximate surface area is 110 Å². The molecule has 0 saturated carbocycles. The van der Waals surface area contributed by atoms with Gasteiger partial charge in [-0.2, -0.15) is 0 Å². The van der Waals surface area contributed by atoms with Gasteiger partial charge >= 0.3 is 0 Å². The second-order valence-corrected chi connectivity index (χ2v) is 8.78. The lowest BCUT2D eigenvalue weighted by Gasteiger charge is -2.35. The quantitative estimate of drug-likeness (QED) is 0.661. The van der Waals surface area contributed by atoms with E-state index < -0.39 is 0 Å². The van der Waals surface area contributed by atoms with Crippen molar-refractivity contribution in [3.63, 3.8) is 0 Å². The highest BCUT2D eigenvalue weighted by atomic mass is 32.2. The van der Waals surface area contributed by atoms with Gasteiger partial charge < -0.3 is 4.90 Å². The van der Waals surface area contributed by atoms with Crippen molar-refractivity contribution in [1.82, 2.24) is 4.90 Å². The molecular formula is C14H25NOS. The van der Waals surface area contributed by atoms with Gasteiger partial charge in [0.15, 0.2) is 0 Å². The van der Waals surface area contributed by atoms with Gasteiger partial charge in [-0.3, -0.25) is 4.79 Å². The topological polar surface area (TPSA) is 20.3 Å². The van der Waals surface area contributed by atoms with E-state index in [1.54, 1.807) is 0 Å². The smallest absolute Gasteiger partial charge is 0.227 e. The van der Waals surface area contributed by atoms with Crippen molar-refractivity contribution >= 4 is 17.7 Å². The number of fused-ring (bicyclic) bond motifs is 1. The molecule has 0 radical (unpaired) electrons. The van der Waals surface area contributed by atoms with Crippen LogP contribution in [0.3, 0.4) is 0 Å². The van der Waals surface area contributed by atoms with Crippen LogP contribution in [0.25, 0.3) is 0 Å². The summed E-state index contributed by atoms with van der Waals surface area (Å²) < 4.78 is 0. The first kappa shape index (κ1) is 13.3. The summed E-state index contributed by atoms with van der Waals surface area (Å²) in [5.74, 6) is 1.72. The number of hydrogen-bond donors (Lipinski definition) is 0. The van der Waals surface area contributed by atoms with Crippen LogP contribution in [0.5, 0.6) is 0 Å². The predicted octanol–water partition coefficient (Wildman–Crippen LogP) is 3.37. The summed E-state index contributed by atoms with van der Waals surface area (Å²) in [5, 5.41) is 0.441. The molecule has 0 aliphatic carbocycles. The lowest BCUT2D eigenvalue weighted by atomic mass is 9.79. The van der Waals surface area contributed by atoms with Gasteiger partial charge in [-0.15, -0.1) is 11.8 Å². The van der Waals surface area contributed by atoms with E-state index in [1.807, 2.05) is 11.8 Å². The molecule has 1 amide bonds. The monoisotopic (exact) mass is 255 g/mol. The molecular weight excluding hydrogens is 230 g/mol. The minimum absolute atomic E-state index is 0.102. The Morgan fingerprint density at radius 2 is 1.71 bits per heavy atom. The van der Waals surface area contributed by atoms with Crippen molar-refractivity contribution in [3.8, 4) is 0 Å². The third kappa shape index (κ3) is 2.23. The Kier molecular flexibility index (Phi) is 3.05. The lowest BCUT2D eigenvalue weighted by Crippen LogP contribution is -2.45. The first-order chi connectivity index (χ1) is 7.62. The summed E-state index contributed by atoms with van der Waals surface area (Å²) in [5.41, 5.74) is 0.300. The molecule has 2 rings (SSSR count). The number of carbonyl (C=O) groups is 1. The second kappa shape index (κ2) is 3.91. The summed E-state index contributed by atoms with van der Waals surface area (Å²) >= 11 is 1.98. The Bertz CT molecular complexity index is 326. The van der Waals surface area contributed by atoms with Gasteiger partial charge in [0.1, 0.15) is 0 Å². The van der Waals surface area contributed by atoms with Crippen molar-refractivity contribution in [1.29, 1.82) is 0 Å². The first-order valence-electron chi connectivity index (χ1n) is 6.56. The van der Waals surface area contributed by atoms with Gasteiger partial charge in [0.2, 0.25) is 5.91 Å². The minimum atomic E-state index is 0.102. The second-order valence-electron chi connectivity index (χ2n) is 7.57. The van der Waals surface area contributed by atoms with Crippen LogP contribution in [0, 0.1) is 16.7 Å². The molecule has 2 fully saturated rings. The molecule has 0 bridgehead atoms. The van der Waals surface area contributed by atoms with Crippen LogP contribution < -0.4 is 0 Å². The lowest BCUT2D eigenvalue weighted by molar-refractivity contribution is -0.136. The van der Waals surface area contributed by atoms with Gasteiger partial charge in [-0.05, 0) is 17.3 Å². The number of amides is 1. The molecule has 0 N–H and O–H groups in total. The highest BCUT2D eigenvalue weighted by Gasteiger charge is 2.53. The molecule has 0 aromatic heterocycles. The largest absolute Gasteiger partial charge is 0.326 e. The maximum Gasteiger partial charge on any atom is 0.227 e. The molecule has 17 heavy (non-hydrogen) atoms. The van der Waals surface area contributed by atoms with Gasteiger partial charge in [0, 0.05) is 17.7 Å². The summed E-state index contributed by atoms with van der Waals surface area (Å²) in [4.78, 5) is 14.8. The molecule has 2 aliphatic rings. The average molecular weight is 255 g/mol. The molecule has 0 spiro atoms. The number of nitrogens with zero attached hydrogens (tertiary/aromatic N) is 1. The maximum absolute atomic E-state index is 12.6. The highest BCUT2D eigenvalue weighted by molar-refractivity contribution is 8.00. The van der Waals surface area contributed by atoms with E-state index >= 15 is 0 Å². The summed E-state index contributed by atoms with van der Waals surface area (Å²) in [6, 6.07) is 0.414. The third-order valence-electron chi connectivity index (χ3n) is 4.13. The zero-order valence-corrected chi connectivity index (χ0v) is 12.7. The van der Waals surface area contributed by atoms with Crippen molar-refractivity contribution in [2.45, 2.75) is 59.4 Å². The van der Waals surface area contributed by atoms with E-state index in [4.69, 9.17) is 0 Å². The van der Waals surface area contributed by atoms with Crippen LogP contribution in [0.4, 0.5) is 0 Å². The van der Waals surface area contributed by atoms with Gasteiger partial charge in [-0.1, -0.05) is 41.5 Å². The summed E-state index contributed by atoms with van der Waals surface area (Å²) in [6.07, 6.45) is 1.04. The fraction of sp³-hybridized carbons (Fsp3) is 0.929. The van der Waals surface area contributed by atoms with Crippen molar-refractivity contribution in [3.05, 3.63) is 0 Å². The molecule has 98 valence electrons. The number of hydrogen-bond acceptors (Lipinski definition) is 2. The minimum Gasteiger partial charge on any atom is -0.326 e. The molecule has 2 aliphatic heterocycles. The van der Waals surface area contributed by atoms with Crippen molar-refractivity contribution in [2.75, 3.05) is 5.75 Å². The van der Waals surface area contributed by atoms with Crippen LogP contribution in [0.1, 0.15) is 48.0 Å². The average Bonchev–Trinajstić information content (AvgIpc) is 2.63. The van der Waals surface area contributed by atoms with Crippen LogP contribution >= 0.6 is 11.8 Å². The zero-order valence-electron chi connectivity index (χ0n) is 11.9. The van der Waals surface area contributed by atoms with E-state index in [1.165, 1.54) is 0 Å². The molecule has 0 aromatic carbocycles. The number of rotatable bonds is 0. The maximum atomic E-state index is 12.6. The van der Waals surface area contributed by atoms with E-state index in [0.29, 0.717) is 17.3 Å². The zero-order chi connectivity index (χ0) is 13.0. The van der Waals surface area contributed by atoms with Crippen LogP contribution in [0.15, 0.2) is 0 Å². The molecule has 2 saturated heterocycles. The highest BCUT2D eigenvalue weighted by Crippen LogP contribution is 2.49. The Morgan fingerprint density at radius 1 is 1.12 bits per heavy atom. The van der Waals surface area contributed by atoms with Crippen LogP contribution in [0.2, 0.25) is 0 Å². The molecule has 2 nitrogen and oxygen atoms in total. The van der Waals surface area contributed by atoms with Gasteiger partial charge in [0.05, 0.1) is 5.37 Å². The van der Waals surface area contributed by atoms with Crippen molar-refractivity contribution < 1.29 is 4.79 Å². The summed E-state index contributed by atoms with van der Waals surface area (Å²) in [7, 11) is 0. The normalized spacial score (nSPS) is 34.4. The fourth-order valence-corrected chi connectivity index (χ4v) is 4.72. The predicted molar refractivity (Wildman–Crippen MR) is 73.9 cm³/mol. The van der Waals surface area contributed by atoms with Gasteiger partial charge in [0.25, 0.3) is 0 Å². The third-order valence-corrected chi connectivity index (χ3v) is 5.44. The molecule has 3 unspecified atom stereocenters. The van der Waals surface area contributed by atoms with E-state index in [0.717, 1.165) is 12.2 Å². The van der Waals surface area contributed by atoms with Gasteiger partial charge in [-0.25, -0.2) is 0 Å². The molecule has 2 heterocycles. The fourth-order valence-electron chi connectivity index (χ4n) is 2.91.